The van der Waals surface area contributed by atoms with Gasteiger partial charge >= 0.3 is 0 Å². The summed E-state index contributed by atoms with van der Waals surface area (Å²) >= 11 is 0. The summed E-state index contributed by atoms with van der Waals surface area (Å²) in [5.41, 5.74) is 11.7. The lowest BCUT2D eigenvalue weighted by atomic mass is 9.84. The standard InChI is InChI=1S/C45H33N3/c1-2-13-32(14-3-1)43-46-44(48-45(47-43)42-20-10-16-31-12-6-7-17-39(31)42)41-19-9-8-18-40(41)38-26-25-36-28-35(23-24-37(36)29-38)34-22-21-30-11-4-5-15-33(30)27-34/h1-5,7-11,13-14,16-29,33H,6,12,15H2. The zero-order valence-corrected chi connectivity index (χ0v) is 26.6. The van der Waals surface area contributed by atoms with Crippen molar-refractivity contribution in [2.75, 3.05) is 0 Å². The topological polar surface area (TPSA) is 38.7 Å². The third-order valence-corrected chi connectivity index (χ3v) is 9.70. The van der Waals surface area contributed by atoms with Crippen LogP contribution in [0.2, 0.25) is 0 Å². The molecule has 0 saturated carbocycles. The third-order valence-electron chi connectivity index (χ3n) is 9.70. The summed E-state index contributed by atoms with van der Waals surface area (Å²) in [5.74, 6) is 2.50. The van der Waals surface area contributed by atoms with E-state index in [0.717, 1.165) is 47.1 Å². The first kappa shape index (κ1) is 28.3. The van der Waals surface area contributed by atoms with E-state index in [0.29, 0.717) is 23.4 Å². The van der Waals surface area contributed by atoms with Crippen LogP contribution in [0.5, 0.6) is 0 Å². The van der Waals surface area contributed by atoms with Crippen molar-refractivity contribution in [1.82, 2.24) is 15.0 Å². The summed E-state index contributed by atoms with van der Waals surface area (Å²) in [4.78, 5) is 15.3. The Balaban J connectivity index is 1.13. The molecule has 0 aliphatic heterocycles. The molecule has 0 fully saturated rings. The van der Waals surface area contributed by atoms with Gasteiger partial charge in [0.15, 0.2) is 17.5 Å². The summed E-state index contributed by atoms with van der Waals surface area (Å²) in [6.45, 7) is 0. The second-order valence-corrected chi connectivity index (χ2v) is 12.7. The number of hydrogen-bond acceptors (Lipinski definition) is 3. The monoisotopic (exact) mass is 615 g/mol. The van der Waals surface area contributed by atoms with Crippen LogP contribution in [0.4, 0.5) is 0 Å². The summed E-state index contributed by atoms with van der Waals surface area (Å²) in [7, 11) is 0. The lowest BCUT2D eigenvalue weighted by Crippen LogP contribution is -2.05. The van der Waals surface area contributed by atoms with E-state index < -0.39 is 0 Å². The van der Waals surface area contributed by atoms with Crippen LogP contribution in [-0.4, -0.2) is 15.0 Å². The van der Waals surface area contributed by atoms with Crippen LogP contribution < -0.4 is 0 Å². The zero-order valence-electron chi connectivity index (χ0n) is 26.6. The highest BCUT2D eigenvalue weighted by molar-refractivity contribution is 5.93. The van der Waals surface area contributed by atoms with Gasteiger partial charge in [-0.25, -0.2) is 15.0 Å². The Morgan fingerprint density at radius 3 is 2.15 bits per heavy atom. The molecular weight excluding hydrogens is 583 g/mol. The minimum absolute atomic E-state index is 0.465. The molecule has 3 aliphatic rings. The fourth-order valence-corrected chi connectivity index (χ4v) is 7.18. The normalized spacial score (nSPS) is 16.3. The largest absolute Gasteiger partial charge is 0.208 e. The van der Waals surface area contributed by atoms with Crippen LogP contribution in [0.1, 0.15) is 29.5 Å². The summed E-state index contributed by atoms with van der Waals surface area (Å²) in [6, 6.07) is 38.7. The number of nitrogens with zero attached hydrogens (tertiary/aromatic N) is 3. The van der Waals surface area contributed by atoms with Crippen LogP contribution in [-0.2, 0) is 6.42 Å². The predicted molar refractivity (Wildman–Crippen MR) is 199 cm³/mol. The summed E-state index contributed by atoms with van der Waals surface area (Å²) in [6.07, 6.45) is 21.2. The van der Waals surface area contributed by atoms with Gasteiger partial charge in [-0.1, -0.05) is 146 Å². The van der Waals surface area contributed by atoms with Gasteiger partial charge in [-0.05, 0) is 81.1 Å². The molecule has 0 radical (unpaired) electrons. The molecule has 3 nitrogen and oxygen atoms in total. The van der Waals surface area contributed by atoms with Crippen LogP contribution in [0, 0.1) is 5.92 Å². The second-order valence-electron chi connectivity index (χ2n) is 12.7. The Bertz CT molecular complexity index is 2370. The van der Waals surface area contributed by atoms with Crippen molar-refractivity contribution in [2.24, 2.45) is 5.92 Å². The van der Waals surface area contributed by atoms with Gasteiger partial charge in [-0.3, -0.25) is 0 Å². The average molecular weight is 616 g/mol. The number of aromatic nitrogens is 3. The SMILES string of the molecule is C1=CCC2C=C(c3ccc4cc(-c5ccccc5-c5nc(-c6ccccc6)nc(-c6cccc7c6C=CCC7)n5)ccc4c3)C=CC2=C1. The maximum Gasteiger partial charge on any atom is 0.164 e. The van der Waals surface area contributed by atoms with Gasteiger partial charge in [0.25, 0.3) is 0 Å². The molecule has 1 atom stereocenters. The molecule has 228 valence electrons. The Morgan fingerprint density at radius 2 is 1.27 bits per heavy atom. The molecule has 1 heterocycles. The van der Waals surface area contributed by atoms with Gasteiger partial charge in [-0.15, -0.1) is 0 Å². The summed E-state index contributed by atoms with van der Waals surface area (Å²) in [5, 5.41) is 2.43. The number of rotatable bonds is 5. The fraction of sp³-hybridized carbons (Fsp3) is 0.0889. The Labute approximate surface area is 281 Å². The van der Waals surface area contributed by atoms with Gasteiger partial charge in [0.2, 0.25) is 0 Å². The smallest absolute Gasteiger partial charge is 0.164 e. The molecule has 3 aliphatic carbocycles. The molecule has 5 aromatic carbocycles. The van der Waals surface area contributed by atoms with E-state index in [1.807, 2.05) is 18.2 Å². The van der Waals surface area contributed by atoms with E-state index in [1.54, 1.807) is 0 Å². The van der Waals surface area contributed by atoms with Crippen LogP contribution in [0.15, 0.2) is 157 Å². The quantitative estimate of drug-likeness (QED) is 0.194. The molecule has 1 unspecified atom stereocenters. The Hall–Kier alpha value is -5.93. The molecule has 0 spiro atoms. The van der Waals surface area contributed by atoms with E-state index >= 15 is 0 Å². The Kier molecular flexibility index (Phi) is 7.09. The maximum absolute atomic E-state index is 5.17. The molecule has 1 aromatic heterocycles. The van der Waals surface area contributed by atoms with Crippen molar-refractivity contribution >= 4 is 22.4 Å². The second kappa shape index (κ2) is 12.0. The molecule has 0 saturated heterocycles. The molecule has 0 bridgehead atoms. The molecule has 3 heteroatoms. The molecule has 48 heavy (non-hydrogen) atoms. The molecule has 6 aromatic rings. The molecule has 0 amide bonds. The van der Waals surface area contributed by atoms with Gasteiger partial charge < -0.3 is 0 Å². The highest BCUT2D eigenvalue weighted by Crippen LogP contribution is 2.37. The average Bonchev–Trinajstić information content (AvgIpc) is 3.17. The van der Waals surface area contributed by atoms with Gasteiger partial charge in [0.05, 0.1) is 0 Å². The number of hydrogen-bond donors (Lipinski definition) is 0. The van der Waals surface area contributed by atoms with Crippen molar-refractivity contribution in [2.45, 2.75) is 19.3 Å². The first-order chi connectivity index (χ1) is 23.8. The van der Waals surface area contributed by atoms with Crippen molar-refractivity contribution in [3.8, 4) is 45.3 Å². The Morgan fingerprint density at radius 1 is 0.542 bits per heavy atom. The van der Waals surface area contributed by atoms with Crippen LogP contribution >= 0.6 is 0 Å². The van der Waals surface area contributed by atoms with E-state index in [4.69, 9.17) is 15.0 Å². The molecule has 9 rings (SSSR count). The zero-order chi connectivity index (χ0) is 31.9. The fourth-order valence-electron chi connectivity index (χ4n) is 7.18. The number of benzene rings is 5. The minimum Gasteiger partial charge on any atom is -0.208 e. The van der Waals surface area contributed by atoms with E-state index in [9.17, 15) is 0 Å². The van der Waals surface area contributed by atoms with Crippen LogP contribution in [0.25, 0.3) is 67.7 Å². The molecular formula is C45H33N3. The highest BCUT2D eigenvalue weighted by Gasteiger charge is 2.19. The van der Waals surface area contributed by atoms with Gasteiger partial charge in [0.1, 0.15) is 0 Å². The lowest BCUT2D eigenvalue weighted by molar-refractivity contribution is 0.782. The third kappa shape index (κ3) is 5.24. The van der Waals surface area contributed by atoms with Gasteiger partial charge in [-0.2, -0.15) is 0 Å². The van der Waals surface area contributed by atoms with Crippen molar-refractivity contribution < 1.29 is 0 Å². The van der Waals surface area contributed by atoms with Crippen molar-refractivity contribution in [1.29, 1.82) is 0 Å². The van der Waals surface area contributed by atoms with E-state index in [1.165, 1.54) is 38.6 Å². The van der Waals surface area contributed by atoms with Crippen LogP contribution in [0.3, 0.4) is 0 Å². The van der Waals surface area contributed by atoms with Crippen molar-refractivity contribution in [3.05, 3.63) is 174 Å². The van der Waals surface area contributed by atoms with E-state index in [-0.39, 0.29) is 0 Å². The van der Waals surface area contributed by atoms with Crippen molar-refractivity contribution in [3.63, 3.8) is 0 Å². The summed E-state index contributed by atoms with van der Waals surface area (Å²) < 4.78 is 0. The number of fused-ring (bicyclic) bond motifs is 3. The number of aryl methyl sites for hydroxylation is 1. The number of allylic oxidation sites excluding steroid dienone is 9. The maximum atomic E-state index is 5.17. The lowest BCUT2D eigenvalue weighted by Gasteiger charge is -2.21. The molecule has 0 N–H and O–H groups in total. The first-order valence-electron chi connectivity index (χ1n) is 16.8. The highest BCUT2D eigenvalue weighted by atomic mass is 15.0. The van der Waals surface area contributed by atoms with Gasteiger partial charge in [0, 0.05) is 22.6 Å². The minimum atomic E-state index is 0.465. The van der Waals surface area contributed by atoms with E-state index in [2.05, 4.69) is 140 Å². The first-order valence-corrected chi connectivity index (χ1v) is 16.8. The predicted octanol–water partition coefficient (Wildman–Crippen LogP) is 11.1.